The number of hydrogen-bond acceptors (Lipinski definition) is 2. The Labute approximate surface area is 127 Å². The molecule has 5 heteroatoms. The van der Waals surface area contributed by atoms with Crippen LogP contribution in [0.5, 0.6) is 0 Å². The van der Waals surface area contributed by atoms with E-state index >= 15 is 0 Å². The second kappa shape index (κ2) is 5.82. The Morgan fingerprint density at radius 1 is 1.24 bits per heavy atom. The van der Waals surface area contributed by atoms with Crippen molar-refractivity contribution in [2.45, 2.75) is 25.3 Å². The number of aryl methyl sites for hydroxylation is 2. The lowest BCUT2D eigenvalue weighted by Gasteiger charge is -2.10. The highest BCUT2D eigenvalue weighted by Crippen LogP contribution is 2.26. The van der Waals surface area contributed by atoms with Crippen LogP contribution in [-0.2, 0) is 13.0 Å². The average molecular weight is 304 g/mol. The normalized spacial score (nSPS) is 12.7. The van der Waals surface area contributed by atoms with E-state index in [4.69, 9.17) is 11.6 Å². The van der Waals surface area contributed by atoms with Crippen LogP contribution in [0.1, 0.15) is 23.8 Å². The molecule has 0 saturated heterocycles. The van der Waals surface area contributed by atoms with Crippen LogP contribution in [0.3, 0.4) is 0 Å². The zero-order valence-electron chi connectivity index (χ0n) is 11.6. The van der Waals surface area contributed by atoms with Gasteiger partial charge in [-0.15, -0.1) is 11.6 Å². The first kappa shape index (κ1) is 14.0. The van der Waals surface area contributed by atoms with Gasteiger partial charge in [-0.05, 0) is 31.2 Å². The zero-order valence-corrected chi connectivity index (χ0v) is 12.4. The molecule has 0 aliphatic rings. The summed E-state index contributed by atoms with van der Waals surface area (Å²) in [7, 11) is 0. The van der Waals surface area contributed by atoms with Crippen LogP contribution in [0.2, 0.25) is 0 Å². The van der Waals surface area contributed by atoms with Crippen LogP contribution < -0.4 is 0 Å². The summed E-state index contributed by atoms with van der Waals surface area (Å²) in [6.45, 7) is 2.52. The van der Waals surface area contributed by atoms with E-state index in [0.717, 1.165) is 17.6 Å². The van der Waals surface area contributed by atoms with Crippen molar-refractivity contribution in [1.82, 2.24) is 14.5 Å². The molecular weight excluding hydrogens is 289 g/mol. The molecule has 0 fully saturated rings. The number of nitrogens with zero attached hydrogens (tertiary/aromatic N) is 3. The second-order valence-electron chi connectivity index (χ2n) is 4.92. The van der Waals surface area contributed by atoms with E-state index in [1.54, 1.807) is 12.3 Å². The van der Waals surface area contributed by atoms with Crippen LogP contribution in [0.15, 0.2) is 42.6 Å². The highest BCUT2D eigenvalue weighted by molar-refractivity contribution is 6.20. The van der Waals surface area contributed by atoms with E-state index in [0.29, 0.717) is 17.9 Å². The van der Waals surface area contributed by atoms with Gasteiger partial charge in [-0.25, -0.2) is 9.37 Å². The number of alkyl halides is 1. The fraction of sp³-hybridized carbons (Fsp3) is 0.250. The molecule has 0 N–H and O–H groups in total. The first-order chi connectivity index (χ1) is 10.2. The zero-order chi connectivity index (χ0) is 14.8. The Balaban J connectivity index is 2.00. The van der Waals surface area contributed by atoms with Gasteiger partial charge < -0.3 is 4.57 Å². The average Bonchev–Trinajstić information content (AvgIpc) is 2.87. The topological polar surface area (TPSA) is 30.7 Å². The number of aromatic nitrogens is 3. The predicted molar refractivity (Wildman–Crippen MR) is 81.9 cm³/mol. The van der Waals surface area contributed by atoms with Gasteiger partial charge in [0, 0.05) is 24.9 Å². The van der Waals surface area contributed by atoms with Gasteiger partial charge in [0.15, 0.2) is 5.82 Å². The van der Waals surface area contributed by atoms with Crippen molar-refractivity contribution in [3.8, 4) is 0 Å². The third-order valence-corrected chi connectivity index (χ3v) is 3.63. The smallest absolute Gasteiger partial charge is 0.151 e. The fourth-order valence-corrected chi connectivity index (χ4v) is 2.61. The fourth-order valence-electron chi connectivity index (χ4n) is 2.44. The SMILES string of the molecule is CC(Cl)c1nc2c(F)cccc2n1CCc1ccccn1. The van der Waals surface area contributed by atoms with Gasteiger partial charge in [0.1, 0.15) is 11.3 Å². The number of benzene rings is 1. The quantitative estimate of drug-likeness (QED) is 0.679. The van der Waals surface area contributed by atoms with Gasteiger partial charge in [0.25, 0.3) is 0 Å². The van der Waals surface area contributed by atoms with E-state index in [1.165, 1.54) is 6.07 Å². The maximum atomic E-state index is 13.9. The monoisotopic (exact) mass is 303 g/mol. The number of rotatable bonds is 4. The molecule has 3 nitrogen and oxygen atoms in total. The number of pyridine rings is 1. The van der Waals surface area contributed by atoms with Gasteiger partial charge >= 0.3 is 0 Å². The lowest BCUT2D eigenvalue weighted by molar-refractivity contribution is 0.637. The van der Waals surface area contributed by atoms with Crippen LogP contribution in [0.4, 0.5) is 4.39 Å². The molecule has 1 unspecified atom stereocenters. The molecule has 21 heavy (non-hydrogen) atoms. The van der Waals surface area contributed by atoms with Gasteiger partial charge in [-0.3, -0.25) is 4.98 Å². The first-order valence-corrected chi connectivity index (χ1v) is 7.29. The molecule has 0 spiro atoms. The summed E-state index contributed by atoms with van der Waals surface area (Å²) in [6.07, 6.45) is 2.52. The molecule has 2 aromatic heterocycles. The Bertz CT molecular complexity index is 753. The lowest BCUT2D eigenvalue weighted by atomic mass is 10.2. The number of fused-ring (bicyclic) bond motifs is 1. The summed E-state index contributed by atoms with van der Waals surface area (Å²) >= 11 is 6.19. The first-order valence-electron chi connectivity index (χ1n) is 6.85. The van der Waals surface area contributed by atoms with E-state index in [1.807, 2.05) is 35.8 Å². The minimum Gasteiger partial charge on any atom is -0.326 e. The number of hydrogen-bond donors (Lipinski definition) is 0. The highest BCUT2D eigenvalue weighted by Gasteiger charge is 2.17. The molecule has 0 radical (unpaired) electrons. The molecule has 0 amide bonds. The molecule has 3 rings (SSSR count). The third kappa shape index (κ3) is 2.76. The molecule has 1 aromatic carbocycles. The van der Waals surface area contributed by atoms with E-state index < -0.39 is 0 Å². The summed E-state index contributed by atoms with van der Waals surface area (Å²) in [5.74, 6) is 0.371. The van der Waals surface area contributed by atoms with Crippen molar-refractivity contribution < 1.29 is 4.39 Å². The summed E-state index contributed by atoms with van der Waals surface area (Å²) in [5, 5.41) is -0.277. The van der Waals surface area contributed by atoms with Gasteiger partial charge in [-0.2, -0.15) is 0 Å². The summed E-state index contributed by atoms with van der Waals surface area (Å²) in [6, 6.07) is 10.8. The Hall–Kier alpha value is -1.94. The predicted octanol–water partition coefficient (Wildman–Crippen LogP) is 4.11. The van der Waals surface area contributed by atoms with E-state index in [2.05, 4.69) is 9.97 Å². The molecule has 0 bridgehead atoms. The number of para-hydroxylation sites is 1. The van der Waals surface area contributed by atoms with E-state index in [9.17, 15) is 4.39 Å². The van der Waals surface area contributed by atoms with Crippen molar-refractivity contribution >= 4 is 22.6 Å². The van der Waals surface area contributed by atoms with Crippen LogP contribution in [-0.4, -0.2) is 14.5 Å². The molecule has 1 atom stereocenters. The van der Waals surface area contributed by atoms with Crippen molar-refractivity contribution in [2.75, 3.05) is 0 Å². The van der Waals surface area contributed by atoms with Gasteiger partial charge in [-0.1, -0.05) is 12.1 Å². The summed E-state index contributed by atoms with van der Waals surface area (Å²) in [4.78, 5) is 8.67. The van der Waals surface area contributed by atoms with Crippen LogP contribution >= 0.6 is 11.6 Å². The molecule has 3 aromatic rings. The van der Waals surface area contributed by atoms with E-state index in [-0.39, 0.29) is 11.2 Å². The van der Waals surface area contributed by atoms with Crippen molar-refractivity contribution in [2.24, 2.45) is 0 Å². The van der Waals surface area contributed by atoms with Crippen molar-refractivity contribution in [3.63, 3.8) is 0 Å². The number of imidazole rings is 1. The Morgan fingerprint density at radius 3 is 2.81 bits per heavy atom. The Morgan fingerprint density at radius 2 is 2.10 bits per heavy atom. The van der Waals surface area contributed by atoms with Crippen molar-refractivity contribution in [3.05, 3.63) is 59.9 Å². The standard InChI is InChI=1S/C16H15ClFN3/c1-11(17)16-20-15-13(18)6-4-7-14(15)21(16)10-8-12-5-2-3-9-19-12/h2-7,9,11H,8,10H2,1H3. The van der Waals surface area contributed by atoms with Crippen molar-refractivity contribution in [1.29, 1.82) is 0 Å². The highest BCUT2D eigenvalue weighted by atomic mass is 35.5. The number of halogens is 2. The maximum absolute atomic E-state index is 13.9. The molecule has 0 saturated carbocycles. The third-order valence-electron chi connectivity index (χ3n) is 3.43. The molecule has 108 valence electrons. The minimum absolute atomic E-state index is 0.277. The lowest BCUT2D eigenvalue weighted by Crippen LogP contribution is -2.07. The molecular formula is C16H15ClFN3. The molecule has 0 aliphatic heterocycles. The largest absolute Gasteiger partial charge is 0.326 e. The summed E-state index contributed by atoms with van der Waals surface area (Å²) in [5.41, 5.74) is 2.14. The van der Waals surface area contributed by atoms with Crippen LogP contribution in [0.25, 0.3) is 11.0 Å². The minimum atomic E-state index is -0.317. The Kier molecular flexibility index (Phi) is 3.88. The van der Waals surface area contributed by atoms with Gasteiger partial charge in [0.2, 0.25) is 0 Å². The summed E-state index contributed by atoms with van der Waals surface area (Å²) < 4.78 is 15.9. The van der Waals surface area contributed by atoms with Gasteiger partial charge in [0.05, 0.1) is 10.9 Å². The second-order valence-corrected chi connectivity index (χ2v) is 5.57. The molecule has 0 aliphatic carbocycles. The maximum Gasteiger partial charge on any atom is 0.151 e. The van der Waals surface area contributed by atoms with Crippen LogP contribution in [0, 0.1) is 5.82 Å². The molecule has 2 heterocycles.